The highest BCUT2D eigenvalue weighted by molar-refractivity contribution is 8.04. The van der Waals surface area contributed by atoms with E-state index in [4.69, 9.17) is 9.47 Å². The molecule has 7 heteroatoms. The molecule has 0 saturated carbocycles. The van der Waals surface area contributed by atoms with Crippen molar-refractivity contribution in [1.82, 2.24) is 5.32 Å². The second-order valence-electron chi connectivity index (χ2n) is 7.11. The van der Waals surface area contributed by atoms with Crippen molar-refractivity contribution in [3.63, 3.8) is 0 Å². The van der Waals surface area contributed by atoms with Crippen molar-refractivity contribution in [1.29, 1.82) is 0 Å². The minimum Gasteiger partial charge on any atom is -0.496 e. The van der Waals surface area contributed by atoms with Crippen LogP contribution in [0.2, 0.25) is 0 Å². The van der Waals surface area contributed by atoms with Gasteiger partial charge in [-0.15, -0.1) is 11.8 Å². The molecular formula is C23H26N2O4S. The quantitative estimate of drug-likeness (QED) is 0.689. The lowest BCUT2D eigenvalue weighted by Crippen LogP contribution is -2.23. The van der Waals surface area contributed by atoms with E-state index in [1.54, 1.807) is 31.2 Å². The smallest absolute Gasteiger partial charge is 0.265 e. The molecule has 0 spiro atoms. The maximum Gasteiger partial charge on any atom is 0.265 e. The number of nitrogens with one attached hydrogen (secondary N) is 2. The molecule has 0 radical (unpaired) electrons. The summed E-state index contributed by atoms with van der Waals surface area (Å²) in [5.74, 6) is 1.84. The number of hydrogen-bond acceptors (Lipinski definition) is 5. The summed E-state index contributed by atoms with van der Waals surface area (Å²) >= 11 is 1.49. The number of allylic oxidation sites excluding steroid dienone is 1. The zero-order chi connectivity index (χ0) is 21.5. The molecule has 6 nitrogen and oxygen atoms in total. The molecule has 3 rings (SSSR count). The molecule has 0 atom stereocenters. The van der Waals surface area contributed by atoms with Crippen LogP contribution in [0.5, 0.6) is 5.75 Å². The van der Waals surface area contributed by atoms with E-state index >= 15 is 0 Å². The van der Waals surface area contributed by atoms with E-state index in [1.807, 2.05) is 38.1 Å². The Morgan fingerprint density at radius 2 is 1.77 bits per heavy atom. The highest BCUT2D eigenvalue weighted by Crippen LogP contribution is 2.26. The molecule has 158 valence electrons. The van der Waals surface area contributed by atoms with Crippen LogP contribution in [0.1, 0.15) is 36.7 Å². The van der Waals surface area contributed by atoms with Gasteiger partial charge in [0.05, 0.1) is 12.7 Å². The van der Waals surface area contributed by atoms with Gasteiger partial charge < -0.3 is 20.1 Å². The van der Waals surface area contributed by atoms with Gasteiger partial charge in [-0.25, -0.2) is 0 Å². The molecule has 1 heterocycles. The van der Waals surface area contributed by atoms with Crippen molar-refractivity contribution < 1.29 is 19.1 Å². The first-order valence-corrected chi connectivity index (χ1v) is 10.8. The Balaban J connectivity index is 1.53. The summed E-state index contributed by atoms with van der Waals surface area (Å²) in [6, 6.07) is 14.5. The summed E-state index contributed by atoms with van der Waals surface area (Å²) in [7, 11) is 0. The molecule has 2 aromatic carbocycles. The lowest BCUT2D eigenvalue weighted by atomic mass is 10.1. The van der Waals surface area contributed by atoms with Crippen LogP contribution in [-0.4, -0.2) is 30.3 Å². The van der Waals surface area contributed by atoms with Crippen LogP contribution < -0.4 is 15.4 Å². The van der Waals surface area contributed by atoms with Crippen molar-refractivity contribution in [2.75, 3.05) is 17.7 Å². The van der Waals surface area contributed by atoms with Crippen LogP contribution in [0, 0.1) is 0 Å². The number of ether oxygens (including phenoxy) is 2. The minimum atomic E-state index is -0.195. The Bertz CT molecular complexity index is 921. The molecular weight excluding hydrogens is 400 g/mol. The number of carbonyl (C=O) groups is 2. The molecule has 0 aromatic heterocycles. The van der Waals surface area contributed by atoms with E-state index in [0.717, 1.165) is 17.1 Å². The van der Waals surface area contributed by atoms with Crippen LogP contribution in [0.25, 0.3) is 0 Å². The van der Waals surface area contributed by atoms with Gasteiger partial charge in [-0.2, -0.15) is 0 Å². The number of anilines is 1. The zero-order valence-corrected chi connectivity index (χ0v) is 18.2. The van der Waals surface area contributed by atoms with Gasteiger partial charge in [0.25, 0.3) is 11.8 Å². The average Bonchev–Trinajstić information content (AvgIpc) is 2.73. The van der Waals surface area contributed by atoms with Gasteiger partial charge in [-0.1, -0.05) is 12.1 Å². The predicted octanol–water partition coefficient (Wildman–Crippen LogP) is 4.34. The Kier molecular flexibility index (Phi) is 7.41. The Morgan fingerprint density at radius 1 is 1.07 bits per heavy atom. The zero-order valence-electron chi connectivity index (χ0n) is 17.4. The normalized spacial score (nSPS) is 13.6. The first kappa shape index (κ1) is 21.8. The number of thioether (sulfide) groups is 1. The van der Waals surface area contributed by atoms with Gasteiger partial charge in [0.15, 0.2) is 0 Å². The standard InChI is InChI=1S/C23H26N2O4S/c1-15(2)29-20-10-4-17(5-11-20)14-24-22(26)18-6-8-19(9-7-18)25-23(27)21-16(3)28-12-13-30-21/h4-11,15H,12-14H2,1-3H3,(H,24,26)(H,25,27). The number of benzene rings is 2. The van der Waals surface area contributed by atoms with Crippen molar-refractivity contribution in [2.24, 2.45) is 0 Å². The first-order chi connectivity index (χ1) is 14.4. The van der Waals surface area contributed by atoms with Gasteiger partial charge >= 0.3 is 0 Å². The molecule has 2 amide bonds. The lowest BCUT2D eigenvalue weighted by molar-refractivity contribution is -0.112. The molecule has 0 unspecified atom stereocenters. The van der Waals surface area contributed by atoms with Gasteiger partial charge in [0.2, 0.25) is 0 Å². The van der Waals surface area contributed by atoms with Gasteiger partial charge in [-0.3, -0.25) is 9.59 Å². The molecule has 1 aliphatic heterocycles. The van der Waals surface area contributed by atoms with Crippen LogP contribution >= 0.6 is 11.8 Å². The summed E-state index contributed by atoms with van der Waals surface area (Å²) in [4.78, 5) is 25.4. The van der Waals surface area contributed by atoms with Gasteiger partial charge in [0.1, 0.15) is 16.4 Å². The maximum atomic E-state index is 12.4. The molecule has 2 aromatic rings. The minimum absolute atomic E-state index is 0.124. The fraction of sp³-hybridized carbons (Fsp3) is 0.304. The first-order valence-electron chi connectivity index (χ1n) is 9.84. The third kappa shape index (κ3) is 6.03. The molecule has 1 aliphatic rings. The summed E-state index contributed by atoms with van der Waals surface area (Å²) < 4.78 is 11.0. The molecule has 0 aliphatic carbocycles. The Hall–Kier alpha value is -2.93. The third-order valence-corrected chi connectivity index (χ3v) is 5.46. The molecule has 0 bridgehead atoms. The van der Waals surface area contributed by atoms with E-state index in [2.05, 4.69) is 10.6 Å². The summed E-state index contributed by atoms with van der Waals surface area (Å²) in [5, 5.41) is 5.74. The van der Waals surface area contributed by atoms with Crippen molar-refractivity contribution in [3.05, 3.63) is 70.3 Å². The van der Waals surface area contributed by atoms with E-state index < -0.39 is 0 Å². The fourth-order valence-corrected chi connectivity index (χ4v) is 3.68. The number of hydrogen-bond donors (Lipinski definition) is 2. The highest BCUT2D eigenvalue weighted by Gasteiger charge is 2.19. The number of rotatable bonds is 7. The average molecular weight is 427 g/mol. The van der Waals surface area contributed by atoms with E-state index in [-0.39, 0.29) is 17.9 Å². The van der Waals surface area contributed by atoms with E-state index in [0.29, 0.717) is 35.1 Å². The summed E-state index contributed by atoms with van der Waals surface area (Å²) in [5.41, 5.74) is 2.14. The molecule has 2 N–H and O–H groups in total. The van der Waals surface area contributed by atoms with Crippen LogP contribution in [0.4, 0.5) is 5.69 Å². The summed E-state index contributed by atoms with van der Waals surface area (Å²) in [6.45, 7) is 6.79. The van der Waals surface area contributed by atoms with Crippen LogP contribution in [-0.2, 0) is 16.1 Å². The Labute approximate surface area is 181 Å². The second-order valence-corrected chi connectivity index (χ2v) is 8.21. The topological polar surface area (TPSA) is 76.7 Å². The monoisotopic (exact) mass is 426 g/mol. The highest BCUT2D eigenvalue weighted by atomic mass is 32.2. The van der Waals surface area contributed by atoms with Crippen molar-refractivity contribution in [2.45, 2.75) is 33.4 Å². The van der Waals surface area contributed by atoms with E-state index in [1.165, 1.54) is 11.8 Å². The van der Waals surface area contributed by atoms with Crippen LogP contribution in [0.3, 0.4) is 0 Å². The fourth-order valence-electron chi connectivity index (χ4n) is 2.87. The van der Waals surface area contributed by atoms with Gasteiger partial charge in [-0.05, 0) is 62.7 Å². The van der Waals surface area contributed by atoms with Gasteiger partial charge in [0, 0.05) is 23.5 Å². The van der Waals surface area contributed by atoms with E-state index in [9.17, 15) is 9.59 Å². The lowest BCUT2D eigenvalue weighted by Gasteiger charge is -2.17. The number of carbonyl (C=O) groups excluding carboxylic acids is 2. The molecule has 30 heavy (non-hydrogen) atoms. The second kappa shape index (κ2) is 10.2. The summed E-state index contributed by atoms with van der Waals surface area (Å²) in [6.07, 6.45) is 0.124. The number of amides is 2. The third-order valence-electron chi connectivity index (χ3n) is 4.33. The largest absolute Gasteiger partial charge is 0.496 e. The molecule has 0 saturated heterocycles. The Morgan fingerprint density at radius 3 is 2.40 bits per heavy atom. The predicted molar refractivity (Wildman–Crippen MR) is 120 cm³/mol. The molecule has 0 fully saturated rings. The van der Waals surface area contributed by atoms with Crippen molar-refractivity contribution >= 4 is 29.3 Å². The maximum absolute atomic E-state index is 12.4. The SMILES string of the molecule is CC1=C(C(=O)Nc2ccc(C(=O)NCc3ccc(OC(C)C)cc3)cc2)SCCO1. The van der Waals surface area contributed by atoms with Crippen LogP contribution in [0.15, 0.2) is 59.2 Å². The van der Waals surface area contributed by atoms with Crippen molar-refractivity contribution in [3.8, 4) is 5.75 Å².